The van der Waals surface area contributed by atoms with E-state index in [-0.39, 0.29) is 0 Å². The van der Waals surface area contributed by atoms with Crippen LogP contribution in [0.3, 0.4) is 0 Å². The lowest BCUT2D eigenvalue weighted by Gasteiger charge is -1.99. The van der Waals surface area contributed by atoms with Crippen molar-refractivity contribution in [3.8, 4) is 16.9 Å². The second kappa shape index (κ2) is 4.46. The Morgan fingerprint density at radius 3 is 2.86 bits per heavy atom. The van der Waals surface area contributed by atoms with E-state index in [0.717, 1.165) is 27.8 Å². The number of rotatable bonds is 2. The van der Waals surface area contributed by atoms with Crippen LogP contribution in [0.4, 0.5) is 0 Å². The van der Waals surface area contributed by atoms with E-state index in [4.69, 9.17) is 11.6 Å². The summed E-state index contributed by atoms with van der Waals surface area (Å²) in [5.41, 5.74) is 3.07. The van der Waals surface area contributed by atoms with Gasteiger partial charge in [0.05, 0.1) is 17.9 Å². The highest BCUT2D eigenvalue weighted by atomic mass is 35.5. The summed E-state index contributed by atoms with van der Waals surface area (Å²) in [6.45, 7) is 0. The highest BCUT2D eigenvalue weighted by Gasteiger charge is 2.14. The molecule has 3 aromatic heterocycles. The maximum Gasteiger partial charge on any atom is 0.179 e. The Bertz CT molecular complexity index is 918. The van der Waals surface area contributed by atoms with E-state index in [2.05, 4.69) is 20.5 Å². The van der Waals surface area contributed by atoms with Gasteiger partial charge in [0, 0.05) is 41.0 Å². The average molecular weight is 299 g/mol. The molecule has 0 saturated heterocycles. The zero-order valence-electron chi connectivity index (χ0n) is 11.2. The third-order valence-corrected chi connectivity index (χ3v) is 3.65. The molecule has 0 aliphatic rings. The topological polar surface area (TPSA) is 64.3 Å². The molecule has 104 valence electrons. The van der Waals surface area contributed by atoms with Crippen LogP contribution in [0.25, 0.3) is 27.8 Å². The van der Waals surface area contributed by atoms with Crippen molar-refractivity contribution < 1.29 is 0 Å². The Balaban J connectivity index is 2.05. The zero-order valence-corrected chi connectivity index (χ0v) is 11.9. The summed E-state index contributed by atoms with van der Waals surface area (Å²) in [6.07, 6.45) is 7.55. The van der Waals surface area contributed by atoms with E-state index in [1.165, 1.54) is 0 Å². The number of hydrogen-bond donors (Lipinski definition) is 1. The van der Waals surface area contributed by atoms with Crippen molar-refractivity contribution in [3.05, 3.63) is 48.0 Å². The predicted octanol–water partition coefficient (Wildman–Crippen LogP) is 2.80. The number of benzene rings is 1. The van der Waals surface area contributed by atoms with Crippen molar-refractivity contribution in [1.29, 1.82) is 0 Å². The van der Waals surface area contributed by atoms with Crippen LogP contribution in [0.2, 0.25) is 5.02 Å². The van der Waals surface area contributed by atoms with Crippen LogP contribution in [0.15, 0.2) is 43.0 Å². The number of nitrogens with one attached hydrogen (secondary N) is 1. The number of nitrogens with zero attached hydrogens (tertiary/aromatic N) is 5. The molecule has 0 atom stereocenters. The molecule has 4 rings (SSSR count). The van der Waals surface area contributed by atoms with Gasteiger partial charge >= 0.3 is 0 Å². The number of hydrogen-bond acceptors (Lipinski definition) is 3. The minimum Gasteiger partial charge on any atom is -0.298 e. The molecule has 0 spiro atoms. The summed E-state index contributed by atoms with van der Waals surface area (Å²) in [7, 11) is 1.84. The number of aromatic amines is 1. The second-order valence-corrected chi connectivity index (χ2v) is 5.25. The predicted molar refractivity (Wildman–Crippen MR) is 80.4 cm³/mol. The number of halogens is 1. The van der Waals surface area contributed by atoms with E-state index in [1.807, 2.05) is 48.4 Å². The summed E-state index contributed by atoms with van der Waals surface area (Å²) >= 11 is 6.14. The molecule has 1 N–H and O–H groups in total. The number of aromatic nitrogens is 6. The number of fused-ring (bicyclic) bond motifs is 1. The lowest BCUT2D eigenvalue weighted by molar-refractivity contribution is 0.714. The Kier molecular flexibility index (Phi) is 2.58. The molecule has 21 heavy (non-hydrogen) atoms. The summed E-state index contributed by atoms with van der Waals surface area (Å²) < 4.78 is 3.65. The van der Waals surface area contributed by atoms with Crippen molar-refractivity contribution in [2.75, 3.05) is 0 Å². The van der Waals surface area contributed by atoms with Gasteiger partial charge in [-0.2, -0.15) is 5.10 Å². The summed E-state index contributed by atoms with van der Waals surface area (Å²) in [6, 6.07) is 5.82. The van der Waals surface area contributed by atoms with Crippen molar-refractivity contribution in [1.82, 2.24) is 29.8 Å². The highest BCUT2D eigenvalue weighted by Crippen LogP contribution is 2.33. The molecule has 0 bridgehead atoms. The Hall–Kier alpha value is -2.60. The van der Waals surface area contributed by atoms with E-state index < -0.39 is 0 Å². The van der Waals surface area contributed by atoms with E-state index >= 15 is 0 Å². The third-order valence-electron chi connectivity index (χ3n) is 3.41. The molecular weight excluding hydrogens is 288 g/mol. The van der Waals surface area contributed by atoms with Crippen LogP contribution in [0, 0.1) is 0 Å². The molecule has 4 aromatic rings. The zero-order chi connectivity index (χ0) is 14.4. The molecule has 1 aromatic carbocycles. The van der Waals surface area contributed by atoms with Crippen molar-refractivity contribution in [2.45, 2.75) is 0 Å². The molecule has 0 aliphatic heterocycles. The molecule has 0 aliphatic carbocycles. The van der Waals surface area contributed by atoms with Crippen LogP contribution in [-0.4, -0.2) is 29.8 Å². The van der Waals surface area contributed by atoms with Crippen LogP contribution >= 0.6 is 11.6 Å². The molecule has 0 fully saturated rings. The summed E-state index contributed by atoms with van der Waals surface area (Å²) in [5.74, 6) is 0.750. The molecule has 3 heterocycles. The number of aryl methyl sites for hydroxylation is 1. The first-order valence-electron chi connectivity index (χ1n) is 6.39. The van der Waals surface area contributed by atoms with Gasteiger partial charge in [0.25, 0.3) is 0 Å². The van der Waals surface area contributed by atoms with Gasteiger partial charge in [-0.25, -0.2) is 0 Å². The first-order valence-corrected chi connectivity index (χ1v) is 6.76. The van der Waals surface area contributed by atoms with Gasteiger partial charge < -0.3 is 0 Å². The Morgan fingerprint density at radius 2 is 2.14 bits per heavy atom. The van der Waals surface area contributed by atoms with Gasteiger partial charge in [-0.15, -0.1) is 5.10 Å². The highest BCUT2D eigenvalue weighted by molar-refractivity contribution is 6.31. The van der Waals surface area contributed by atoms with E-state index in [1.54, 1.807) is 10.9 Å². The normalized spacial score (nSPS) is 11.3. The van der Waals surface area contributed by atoms with Gasteiger partial charge in [-0.05, 0) is 12.1 Å². The first kappa shape index (κ1) is 12.2. The molecule has 6 nitrogen and oxygen atoms in total. The summed E-state index contributed by atoms with van der Waals surface area (Å²) in [5, 5.41) is 16.8. The fraction of sp³-hybridized carbons (Fsp3) is 0.0714. The van der Waals surface area contributed by atoms with Crippen LogP contribution < -0.4 is 0 Å². The average Bonchev–Trinajstić information content (AvgIpc) is 3.16. The Labute approximate surface area is 125 Å². The van der Waals surface area contributed by atoms with Gasteiger partial charge in [0.15, 0.2) is 5.82 Å². The lowest BCUT2D eigenvalue weighted by Crippen LogP contribution is -1.91. The van der Waals surface area contributed by atoms with Crippen LogP contribution in [0.5, 0.6) is 0 Å². The summed E-state index contributed by atoms with van der Waals surface area (Å²) in [4.78, 5) is 0. The van der Waals surface area contributed by atoms with Gasteiger partial charge in [-0.1, -0.05) is 22.9 Å². The molecule has 0 unspecified atom stereocenters. The van der Waals surface area contributed by atoms with Crippen LogP contribution in [-0.2, 0) is 7.05 Å². The molecule has 0 saturated carbocycles. The minimum atomic E-state index is 0.685. The largest absolute Gasteiger partial charge is 0.298 e. The molecular formula is C14H11ClN6. The van der Waals surface area contributed by atoms with Gasteiger partial charge in [-0.3, -0.25) is 14.3 Å². The van der Waals surface area contributed by atoms with Crippen molar-refractivity contribution in [3.63, 3.8) is 0 Å². The maximum atomic E-state index is 6.14. The van der Waals surface area contributed by atoms with Crippen molar-refractivity contribution in [2.24, 2.45) is 7.05 Å². The van der Waals surface area contributed by atoms with Crippen molar-refractivity contribution >= 4 is 22.5 Å². The molecule has 0 radical (unpaired) electrons. The smallest absolute Gasteiger partial charge is 0.179 e. The van der Waals surface area contributed by atoms with E-state index in [9.17, 15) is 0 Å². The third kappa shape index (κ3) is 1.92. The quantitative estimate of drug-likeness (QED) is 0.619. The van der Waals surface area contributed by atoms with Gasteiger partial charge in [0.2, 0.25) is 0 Å². The first-order chi connectivity index (χ1) is 10.2. The fourth-order valence-electron chi connectivity index (χ4n) is 2.46. The van der Waals surface area contributed by atoms with Gasteiger partial charge in [0.1, 0.15) is 0 Å². The minimum absolute atomic E-state index is 0.685. The standard InChI is InChI=1S/C14H11ClN6/c1-20-8-14(18-19-20)21-7-12(9-5-16-17-6-9)11-3-2-10(15)4-13(11)21/h2-8H,1H3,(H,16,17). The number of H-pyrrole nitrogens is 1. The maximum absolute atomic E-state index is 6.14. The molecule has 0 amide bonds. The van der Waals surface area contributed by atoms with E-state index in [0.29, 0.717) is 5.02 Å². The monoisotopic (exact) mass is 298 g/mol. The lowest BCUT2D eigenvalue weighted by atomic mass is 10.1. The Morgan fingerprint density at radius 1 is 1.24 bits per heavy atom. The SMILES string of the molecule is Cn1cc(-n2cc(-c3cn[nH]c3)c3ccc(Cl)cc32)nn1. The molecule has 7 heteroatoms. The fourth-order valence-corrected chi connectivity index (χ4v) is 2.63. The second-order valence-electron chi connectivity index (χ2n) is 4.81. The van der Waals surface area contributed by atoms with Crippen LogP contribution in [0.1, 0.15) is 0 Å².